The van der Waals surface area contributed by atoms with Crippen LogP contribution in [0.25, 0.3) is 0 Å². The predicted octanol–water partition coefficient (Wildman–Crippen LogP) is 3.82. The van der Waals surface area contributed by atoms with Crippen molar-refractivity contribution in [3.8, 4) is 17.2 Å². The number of benzene rings is 2. The number of aliphatic hydroxyl groups is 1. The molecular formula is C23H29NO7. The van der Waals surface area contributed by atoms with Crippen LogP contribution in [0.15, 0.2) is 42.5 Å². The van der Waals surface area contributed by atoms with E-state index in [4.69, 9.17) is 18.9 Å². The number of carbonyl (C=O) groups excluding carboxylic acids is 2. The topological polar surface area (TPSA) is 94.5 Å². The molecule has 2 rings (SSSR count). The highest BCUT2D eigenvalue weighted by Crippen LogP contribution is 2.26. The minimum absolute atomic E-state index is 0.0527. The summed E-state index contributed by atoms with van der Waals surface area (Å²) in [5, 5.41) is 10.4. The number of amides is 1. The lowest BCUT2D eigenvalue weighted by Crippen LogP contribution is -2.36. The van der Waals surface area contributed by atoms with Crippen molar-refractivity contribution in [1.29, 1.82) is 0 Å². The zero-order chi connectivity index (χ0) is 23.2. The van der Waals surface area contributed by atoms with Crippen LogP contribution < -0.4 is 14.2 Å². The lowest BCUT2D eigenvalue weighted by molar-refractivity contribution is 0.0205. The van der Waals surface area contributed by atoms with Gasteiger partial charge in [-0.05, 0) is 50.6 Å². The molecule has 0 fully saturated rings. The Labute approximate surface area is 182 Å². The van der Waals surface area contributed by atoms with Crippen LogP contribution in [-0.4, -0.2) is 55.5 Å². The van der Waals surface area contributed by atoms with Gasteiger partial charge in [0.05, 0.1) is 26.9 Å². The zero-order valence-electron chi connectivity index (χ0n) is 18.7. The van der Waals surface area contributed by atoms with E-state index in [0.29, 0.717) is 22.8 Å². The summed E-state index contributed by atoms with van der Waals surface area (Å²) in [5.74, 6) is 0.612. The molecule has 0 heterocycles. The molecule has 0 saturated carbocycles. The molecule has 1 N–H and O–H groups in total. The summed E-state index contributed by atoms with van der Waals surface area (Å²) in [7, 11) is 4.53. The van der Waals surface area contributed by atoms with E-state index in [-0.39, 0.29) is 12.1 Å². The highest BCUT2D eigenvalue weighted by atomic mass is 16.6. The second-order valence-corrected chi connectivity index (χ2v) is 7.90. The monoisotopic (exact) mass is 431 g/mol. The summed E-state index contributed by atoms with van der Waals surface area (Å²) < 4.78 is 21.0. The van der Waals surface area contributed by atoms with Crippen molar-refractivity contribution in [2.45, 2.75) is 32.5 Å². The Balaban J connectivity index is 2.02. The fraction of sp³-hybridized carbons (Fsp3) is 0.391. The molecule has 0 aliphatic carbocycles. The summed E-state index contributed by atoms with van der Waals surface area (Å²) in [4.78, 5) is 25.8. The van der Waals surface area contributed by atoms with E-state index in [1.54, 1.807) is 70.3 Å². The van der Waals surface area contributed by atoms with Crippen LogP contribution in [0.5, 0.6) is 17.2 Å². The zero-order valence-corrected chi connectivity index (χ0v) is 18.7. The van der Waals surface area contributed by atoms with Crippen LogP contribution in [-0.2, 0) is 4.74 Å². The van der Waals surface area contributed by atoms with Crippen LogP contribution >= 0.6 is 0 Å². The van der Waals surface area contributed by atoms with Gasteiger partial charge in [-0.2, -0.15) is 0 Å². The third-order valence-electron chi connectivity index (χ3n) is 4.26. The number of methoxy groups -OCH3 is 2. The average molecular weight is 431 g/mol. The van der Waals surface area contributed by atoms with E-state index in [1.165, 1.54) is 19.1 Å². The number of aliphatic hydroxyl groups excluding tert-OH is 1. The lowest BCUT2D eigenvalue weighted by Gasteiger charge is -2.26. The number of esters is 1. The number of hydrogen-bond donors (Lipinski definition) is 1. The first-order valence-electron chi connectivity index (χ1n) is 9.70. The van der Waals surface area contributed by atoms with Crippen LogP contribution in [0.1, 0.15) is 42.8 Å². The summed E-state index contributed by atoms with van der Waals surface area (Å²) in [5.41, 5.74) is 0.206. The Morgan fingerprint density at radius 3 is 2.16 bits per heavy atom. The van der Waals surface area contributed by atoms with Gasteiger partial charge in [0.25, 0.3) is 0 Å². The van der Waals surface area contributed by atoms with E-state index < -0.39 is 23.8 Å². The summed E-state index contributed by atoms with van der Waals surface area (Å²) in [6.07, 6.45) is -1.45. The van der Waals surface area contributed by atoms with E-state index in [2.05, 4.69) is 0 Å². The van der Waals surface area contributed by atoms with Gasteiger partial charge < -0.3 is 29.0 Å². The van der Waals surface area contributed by atoms with Gasteiger partial charge >= 0.3 is 12.1 Å². The van der Waals surface area contributed by atoms with Gasteiger partial charge in [-0.1, -0.05) is 12.1 Å². The van der Waals surface area contributed by atoms with Crippen molar-refractivity contribution in [3.05, 3.63) is 53.6 Å². The predicted molar refractivity (Wildman–Crippen MR) is 115 cm³/mol. The van der Waals surface area contributed by atoms with Crippen molar-refractivity contribution in [3.63, 3.8) is 0 Å². The van der Waals surface area contributed by atoms with Crippen molar-refractivity contribution >= 4 is 12.1 Å². The van der Waals surface area contributed by atoms with Gasteiger partial charge in [-0.3, -0.25) is 0 Å². The first kappa shape index (κ1) is 24.0. The Morgan fingerprint density at radius 2 is 1.61 bits per heavy atom. The number of carbonyl (C=O) groups is 2. The minimum atomic E-state index is -0.927. The second-order valence-electron chi connectivity index (χ2n) is 7.90. The van der Waals surface area contributed by atoms with Gasteiger partial charge in [0.1, 0.15) is 28.4 Å². The molecule has 8 heteroatoms. The van der Waals surface area contributed by atoms with Crippen LogP contribution in [0.4, 0.5) is 4.79 Å². The Morgan fingerprint density at radius 1 is 1.00 bits per heavy atom. The van der Waals surface area contributed by atoms with Crippen molar-refractivity contribution < 1.29 is 33.6 Å². The molecule has 0 radical (unpaired) electrons. The van der Waals surface area contributed by atoms with Gasteiger partial charge in [-0.25, -0.2) is 9.59 Å². The largest absolute Gasteiger partial charge is 0.497 e. The third-order valence-corrected chi connectivity index (χ3v) is 4.26. The van der Waals surface area contributed by atoms with Crippen LogP contribution in [0, 0.1) is 0 Å². The highest BCUT2D eigenvalue weighted by Gasteiger charge is 2.22. The Hall–Kier alpha value is -3.26. The molecule has 2 aromatic carbocycles. The SMILES string of the molecule is COc1ccc(C(=O)Oc2ccc(C(O)CN(C)C(=O)OC(C)(C)C)cc2)c(OC)c1. The van der Waals surface area contributed by atoms with E-state index in [9.17, 15) is 14.7 Å². The van der Waals surface area contributed by atoms with Crippen molar-refractivity contribution in [1.82, 2.24) is 4.90 Å². The lowest BCUT2D eigenvalue weighted by atomic mass is 10.1. The first-order valence-corrected chi connectivity index (χ1v) is 9.70. The van der Waals surface area contributed by atoms with Crippen LogP contribution in [0.2, 0.25) is 0 Å². The first-order chi connectivity index (χ1) is 14.5. The number of nitrogens with zero attached hydrogens (tertiary/aromatic N) is 1. The number of ether oxygens (including phenoxy) is 4. The van der Waals surface area contributed by atoms with Crippen molar-refractivity contribution in [2.24, 2.45) is 0 Å². The smallest absolute Gasteiger partial charge is 0.410 e. The maximum absolute atomic E-state index is 12.5. The molecule has 0 aliphatic rings. The minimum Gasteiger partial charge on any atom is -0.497 e. The van der Waals surface area contributed by atoms with E-state index in [1.807, 2.05) is 0 Å². The molecule has 1 unspecified atom stereocenters. The molecule has 0 saturated heterocycles. The summed E-state index contributed by atoms with van der Waals surface area (Å²) in [6.45, 7) is 5.38. The number of hydrogen-bond acceptors (Lipinski definition) is 7. The third kappa shape index (κ3) is 6.89. The van der Waals surface area contributed by atoms with Gasteiger partial charge in [0.2, 0.25) is 0 Å². The Kier molecular flexibility index (Phi) is 7.88. The maximum atomic E-state index is 12.5. The fourth-order valence-electron chi connectivity index (χ4n) is 2.67. The van der Waals surface area contributed by atoms with E-state index in [0.717, 1.165) is 0 Å². The Bertz CT molecular complexity index is 903. The molecule has 1 amide bonds. The molecule has 0 aliphatic heterocycles. The molecule has 0 aromatic heterocycles. The average Bonchev–Trinajstić information content (AvgIpc) is 2.72. The summed E-state index contributed by atoms with van der Waals surface area (Å²) >= 11 is 0. The molecule has 0 bridgehead atoms. The number of rotatable bonds is 7. The van der Waals surface area contributed by atoms with E-state index >= 15 is 0 Å². The molecule has 168 valence electrons. The van der Waals surface area contributed by atoms with Gasteiger partial charge in [0, 0.05) is 13.1 Å². The quantitative estimate of drug-likeness (QED) is 0.526. The number of likely N-dealkylation sites (N-methyl/N-ethyl adjacent to an activating group) is 1. The fourth-order valence-corrected chi connectivity index (χ4v) is 2.67. The molecule has 1 atom stereocenters. The summed E-state index contributed by atoms with van der Waals surface area (Å²) in [6, 6.07) is 11.2. The van der Waals surface area contributed by atoms with Gasteiger partial charge in [-0.15, -0.1) is 0 Å². The van der Waals surface area contributed by atoms with Gasteiger partial charge in [0.15, 0.2) is 0 Å². The second kappa shape index (κ2) is 10.2. The highest BCUT2D eigenvalue weighted by molar-refractivity contribution is 5.94. The molecule has 0 spiro atoms. The molecule has 31 heavy (non-hydrogen) atoms. The molecular weight excluding hydrogens is 402 g/mol. The normalized spacial score (nSPS) is 12.0. The standard InChI is InChI=1S/C23H29NO7/c1-23(2,3)31-22(27)24(4)14-19(25)15-7-9-16(10-8-15)30-21(26)18-12-11-17(28-5)13-20(18)29-6/h7-13,19,25H,14H2,1-6H3. The van der Waals surface area contributed by atoms with Crippen LogP contribution in [0.3, 0.4) is 0 Å². The molecule has 2 aromatic rings. The van der Waals surface area contributed by atoms with Crippen molar-refractivity contribution in [2.75, 3.05) is 27.8 Å². The molecule has 8 nitrogen and oxygen atoms in total. The maximum Gasteiger partial charge on any atom is 0.410 e.